The van der Waals surface area contributed by atoms with Gasteiger partial charge >= 0.3 is 0 Å². The second kappa shape index (κ2) is 16.4. The van der Waals surface area contributed by atoms with Crippen molar-refractivity contribution in [2.75, 3.05) is 19.6 Å². The Morgan fingerprint density at radius 3 is 2.36 bits per heavy atom. The van der Waals surface area contributed by atoms with Crippen molar-refractivity contribution in [1.29, 1.82) is 0 Å². The summed E-state index contributed by atoms with van der Waals surface area (Å²) in [7, 11) is 0. The number of allylic oxidation sites excluding steroid dienone is 4. The molecule has 0 saturated heterocycles. The van der Waals surface area contributed by atoms with Gasteiger partial charge in [-0.25, -0.2) is 0 Å². The van der Waals surface area contributed by atoms with Gasteiger partial charge in [-0.1, -0.05) is 45.9 Å². The lowest BCUT2D eigenvalue weighted by atomic mass is 10.0. The molecule has 0 heterocycles. The molecular formula is C18H35FN2O. The summed E-state index contributed by atoms with van der Waals surface area (Å²) in [6, 6.07) is 0.126. The number of nitrogens with one attached hydrogen (secondary N) is 1. The standard InChI is InChI=1S/C16H29FN2O.C2H6/c1-5-8-9-15(7-3)16(20)13-14(4)19(11-6-2)12-10-18-17;1-2/h7-9,14,18H,5-6,10-13H2,1-4H3;1-2H3/b9-8-,15-7+;. The maximum Gasteiger partial charge on any atom is 0.164 e. The molecule has 0 aliphatic heterocycles. The predicted octanol–water partition coefficient (Wildman–Crippen LogP) is 4.46. The molecule has 0 spiro atoms. The van der Waals surface area contributed by atoms with Gasteiger partial charge in [0, 0.05) is 31.1 Å². The van der Waals surface area contributed by atoms with Crippen molar-refractivity contribution in [2.45, 2.75) is 66.8 Å². The average molecular weight is 314 g/mol. The first-order chi connectivity index (χ1) is 10.6. The maximum absolute atomic E-state index is 12.2. The minimum Gasteiger partial charge on any atom is -0.299 e. The van der Waals surface area contributed by atoms with Crippen molar-refractivity contribution >= 4 is 5.78 Å². The van der Waals surface area contributed by atoms with E-state index in [2.05, 4.69) is 11.8 Å². The largest absolute Gasteiger partial charge is 0.299 e. The number of nitrogens with zero attached hydrogens (tertiary/aromatic N) is 1. The van der Waals surface area contributed by atoms with Gasteiger partial charge in [-0.2, -0.15) is 5.54 Å². The molecule has 0 aliphatic rings. The molecule has 0 rings (SSSR count). The van der Waals surface area contributed by atoms with E-state index in [0.717, 1.165) is 25.0 Å². The molecule has 0 aliphatic carbocycles. The number of hydrogen-bond donors (Lipinski definition) is 1. The first kappa shape index (κ1) is 23.3. The Balaban J connectivity index is 0. The van der Waals surface area contributed by atoms with Crippen LogP contribution < -0.4 is 5.54 Å². The third-order valence-corrected chi connectivity index (χ3v) is 3.27. The van der Waals surface area contributed by atoms with Gasteiger partial charge in [0.2, 0.25) is 0 Å². The summed E-state index contributed by atoms with van der Waals surface area (Å²) >= 11 is 0. The summed E-state index contributed by atoms with van der Waals surface area (Å²) in [4.78, 5) is 14.4. The molecule has 0 amide bonds. The quantitative estimate of drug-likeness (QED) is 0.347. The first-order valence-corrected chi connectivity index (χ1v) is 8.54. The minimum absolute atomic E-state index is 0.126. The Kier molecular flexibility index (Phi) is 17.3. The van der Waals surface area contributed by atoms with E-state index in [4.69, 9.17) is 0 Å². The van der Waals surface area contributed by atoms with E-state index in [1.54, 1.807) is 5.54 Å². The van der Waals surface area contributed by atoms with Gasteiger partial charge in [0.15, 0.2) is 5.78 Å². The summed E-state index contributed by atoms with van der Waals surface area (Å²) in [6.07, 6.45) is 8.13. The highest BCUT2D eigenvalue weighted by Gasteiger charge is 2.17. The van der Waals surface area contributed by atoms with Gasteiger partial charge in [0.25, 0.3) is 0 Å². The van der Waals surface area contributed by atoms with Crippen molar-refractivity contribution in [3.63, 3.8) is 0 Å². The zero-order chi connectivity index (χ0) is 17.4. The third kappa shape index (κ3) is 10.7. The number of halogens is 1. The summed E-state index contributed by atoms with van der Waals surface area (Å²) in [6.45, 7) is 13.8. The minimum atomic E-state index is 0.126. The fourth-order valence-electron chi connectivity index (χ4n) is 2.14. The highest BCUT2D eigenvalue weighted by Crippen LogP contribution is 2.11. The molecular weight excluding hydrogens is 279 g/mol. The average Bonchev–Trinajstić information content (AvgIpc) is 2.53. The van der Waals surface area contributed by atoms with Gasteiger partial charge in [-0.3, -0.25) is 9.69 Å². The van der Waals surface area contributed by atoms with Crippen molar-refractivity contribution < 1.29 is 9.28 Å². The Morgan fingerprint density at radius 1 is 1.27 bits per heavy atom. The SMILES string of the molecule is C/C=C(\C=C/CC)C(=O)CC(C)N(CCC)CCNF.CC. The molecule has 0 bridgehead atoms. The smallest absolute Gasteiger partial charge is 0.164 e. The predicted molar refractivity (Wildman–Crippen MR) is 94.6 cm³/mol. The summed E-state index contributed by atoms with van der Waals surface area (Å²) in [5.41, 5.74) is 2.44. The molecule has 4 heteroatoms. The van der Waals surface area contributed by atoms with Crippen LogP contribution in [0.2, 0.25) is 0 Å². The topological polar surface area (TPSA) is 32.3 Å². The van der Waals surface area contributed by atoms with Gasteiger partial charge in [0.1, 0.15) is 0 Å². The number of carbonyl (C=O) groups is 1. The fourth-order valence-corrected chi connectivity index (χ4v) is 2.14. The Morgan fingerprint density at radius 2 is 1.91 bits per heavy atom. The summed E-state index contributed by atoms with van der Waals surface area (Å²) in [5.74, 6) is 0.152. The molecule has 0 aromatic rings. The van der Waals surface area contributed by atoms with Crippen LogP contribution in [-0.4, -0.2) is 36.4 Å². The summed E-state index contributed by atoms with van der Waals surface area (Å²) < 4.78 is 12.1. The highest BCUT2D eigenvalue weighted by atomic mass is 19.2. The van der Waals surface area contributed by atoms with Crippen LogP contribution in [0.3, 0.4) is 0 Å². The maximum atomic E-state index is 12.2. The normalized spacial score (nSPS) is 13.2. The van der Waals surface area contributed by atoms with E-state index in [-0.39, 0.29) is 11.8 Å². The second-order valence-electron chi connectivity index (χ2n) is 4.95. The Labute approximate surface area is 136 Å². The summed E-state index contributed by atoms with van der Waals surface area (Å²) in [5, 5.41) is 0. The highest BCUT2D eigenvalue weighted by molar-refractivity contribution is 5.98. The van der Waals surface area contributed by atoms with E-state index in [1.165, 1.54) is 0 Å². The molecule has 0 saturated carbocycles. The fraction of sp³-hybridized carbons (Fsp3) is 0.722. The lowest BCUT2D eigenvalue weighted by molar-refractivity contribution is -0.116. The lowest BCUT2D eigenvalue weighted by Gasteiger charge is -2.28. The Hall–Kier alpha value is -1.00. The molecule has 3 nitrogen and oxygen atoms in total. The van der Waals surface area contributed by atoms with Crippen LogP contribution >= 0.6 is 0 Å². The number of carbonyl (C=O) groups excluding carboxylic acids is 1. The molecule has 130 valence electrons. The lowest BCUT2D eigenvalue weighted by Crippen LogP contribution is -2.39. The van der Waals surface area contributed by atoms with Crippen LogP contribution in [0.5, 0.6) is 0 Å². The van der Waals surface area contributed by atoms with Crippen molar-refractivity contribution in [3.05, 3.63) is 23.8 Å². The van der Waals surface area contributed by atoms with Crippen molar-refractivity contribution in [3.8, 4) is 0 Å². The van der Waals surface area contributed by atoms with Gasteiger partial charge < -0.3 is 0 Å². The molecule has 0 aromatic heterocycles. The first-order valence-electron chi connectivity index (χ1n) is 8.54. The zero-order valence-electron chi connectivity index (χ0n) is 15.3. The monoisotopic (exact) mass is 314 g/mol. The number of rotatable bonds is 11. The second-order valence-corrected chi connectivity index (χ2v) is 4.95. The third-order valence-electron chi connectivity index (χ3n) is 3.27. The van der Waals surface area contributed by atoms with Crippen LogP contribution in [0.15, 0.2) is 23.8 Å². The molecule has 22 heavy (non-hydrogen) atoms. The van der Waals surface area contributed by atoms with Gasteiger partial charge in [-0.15, -0.1) is 4.48 Å². The molecule has 0 aromatic carbocycles. The number of Topliss-reactive ketones (excluding diaryl/α,β-unsaturated/α-hetero) is 1. The Bertz CT molecular complexity index is 327. The molecule has 0 radical (unpaired) electrons. The van der Waals surface area contributed by atoms with Gasteiger partial charge in [0.05, 0.1) is 0 Å². The van der Waals surface area contributed by atoms with Crippen LogP contribution in [0, 0.1) is 0 Å². The van der Waals surface area contributed by atoms with E-state index in [1.807, 2.05) is 52.8 Å². The number of hydrogen-bond acceptors (Lipinski definition) is 3. The molecule has 1 atom stereocenters. The van der Waals surface area contributed by atoms with Crippen LogP contribution in [0.4, 0.5) is 4.48 Å². The van der Waals surface area contributed by atoms with Gasteiger partial charge in [-0.05, 0) is 33.2 Å². The zero-order valence-corrected chi connectivity index (χ0v) is 15.3. The van der Waals surface area contributed by atoms with E-state index in [9.17, 15) is 9.28 Å². The van der Waals surface area contributed by atoms with E-state index in [0.29, 0.717) is 19.5 Å². The van der Waals surface area contributed by atoms with Crippen molar-refractivity contribution in [1.82, 2.24) is 10.4 Å². The van der Waals surface area contributed by atoms with E-state index >= 15 is 0 Å². The van der Waals surface area contributed by atoms with Crippen LogP contribution in [0.1, 0.15) is 60.8 Å². The molecule has 0 fully saturated rings. The number of ketones is 1. The molecule has 1 unspecified atom stereocenters. The van der Waals surface area contributed by atoms with E-state index < -0.39 is 0 Å². The van der Waals surface area contributed by atoms with Crippen LogP contribution in [0.25, 0.3) is 0 Å². The van der Waals surface area contributed by atoms with Crippen LogP contribution in [-0.2, 0) is 4.79 Å². The van der Waals surface area contributed by atoms with Crippen molar-refractivity contribution in [2.24, 2.45) is 0 Å². The molecule has 1 N–H and O–H groups in total.